The molecule has 0 saturated heterocycles. The summed E-state index contributed by atoms with van der Waals surface area (Å²) in [5.41, 5.74) is 1.86. The van der Waals surface area contributed by atoms with Gasteiger partial charge in [-0.3, -0.25) is 0 Å². The van der Waals surface area contributed by atoms with E-state index in [2.05, 4.69) is 14.9 Å². The second kappa shape index (κ2) is 5.09. The van der Waals surface area contributed by atoms with Crippen molar-refractivity contribution in [3.05, 3.63) is 53.6 Å². The fraction of sp³-hybridized carbons (Fsp3) is 0.357. The Hall–Kier alpha value is -1.75. The molecule has 2 aromatic rings. The Balaban J connectivity index is 1.57. The lowest BCUT2D eigenvalue weighted by atomic mass is 10.2. The number of rotatable bonds is 5. The highest BCUT2D eigenvalue weighted by atomic mass is 19.2. The third-order valence-electron chi connectivity index (χ3n) is 3.31. The number of imidazole rings is 1. The molecule has 1 saturated carbocycles. The molecule has 19 heavy (non-hydrogen) atoms. The smallest absolute Gasteiger partial charge is 0.159 e. The predicted molar refractivity (Wildman–Crippen MR) is 67.4 cm³/mol. The highest BCUT2D eigenvalue weighted by Crippen LogP contribution is 2.35. The van der Waals surface area contributed by atoms with Crippen LogP contribution in [-0.2, 0) is 13.1 Å². The molecule has 0 bridgehead atoms. The van der Waals surface area contributed by atoms with Crippen LogP contribution in [0.15, 0.2) is 30.7 Å². The SMILES string of the molecule is Fc1ccc(CNCc2cncn2C2CC2)cc1F. The topological polar surface area (TPSA) is 29.9 Å². The first kappa shape index (κ1) is 12.3. The summed E-state index contributed by atoms with van der Waals surface area (Å²) in [6.45, 7) is 1.18. The fourth-order valence-electron chi connectivity index (χ4n) is 2.13. The van der Waals surface area contributed by atoms with Gasteiger partial charge in [-0.15, -0.1) is 0 Å². The van der Waals surface area contributed by atoms with E-state index in [4.69, 9.17) is 0 Å². The van der Waals surface area contributed by atoms with Gasteiger partial charge < -0.3 is 9.88 Å². The van der Waals surface area contributed by atoms with Crippen LogP contribution in [0, 0.1) is 11.6 Å². The normalized spacial score (nSPS) is 14.8. The molecule has 1 heterocycles. The highest BCUT2D eigenvalue weighted by molar-refractivity contribution is 5.17. The Kier molecular flexibility index (Phi) is 3.29. The maximum absolute atomic E-state index is 13.0. The van der Waals surface area contributed by atoms with E-state index in [-0.39, 0.29) is 0 Å². The average molecular weight is 263 g/mol. The van der Waals surface area contributed by atoms with Gasteiger partial charge in [-0.05, 0) is 30.5 Å². The van der Waals surface area contributed by atoms with Gasteiger partial charge in [0.1, 0.15) is 0 Å². The second-order valence-electron chi connectivity index (χ2n) is 4.88. The first-order valence-corrected chi connectivity index (χ1v) is 6.39. The molecule has 0 atom stereocenters. The minimum atomic E-state index is -0.810. The summed E-state index contributed by atoms with van der Waals surface area (Å²) in [5, 5.41) is 3.22. The van der Waals surface area contributed by atoms with Crippen LogP contribution in [0.5, 0.6) is 0 Å². The molecule has 100 valence electrons. The van der Waals surface area contributed by atoms with Crippen LogP contribution in [0.3, 0.4) is 0 Å². The summed E-state index contributed by atoms with van der Waals surface area (Å²) in [5.74, 6) is -1.61. The van der Waals surface area contributed by atoms with Crippen LogP contribution in [0.4, 0.5) is 8.78 Å². The van der Waals surface area contributed by atoms with E-state index >= 15 is 0 Å². The first-order valence-electron chi connectivity index (χ1n) is 6.39. The van der Waals surface area contributed by atoms with Crippen molar-refractivity contribution in [2.45, 2.75) is 32.0 Å². The molecule has 1 aromatic carbocycles. The maximum atomic E-state index is 13.0. The molecule has 5 heteroatoms. The van der Waals surface area contributed by atoms with Crippen LogP contribution >= 0.6 is 0 Å². The summed E-state index contributed by atoms with van der Waals surface area (Å²) in [6, 6.07) is 4.56. The van der Waals surface area contributed by atoms with E-state index in [1.807, 2.05) is 12.5 Å². The van der Waals surface area contributed by atoms with Crippen LogP contribution < -0.4 is 5.32 Å². The monoisotopic (exact) mass is 263 g/mol. The van der Waals surface area contributed by atoms with Crippen molar-refractivity contribution in [1.82, 2.24) is 14.9 Å². The van der Waals surface area contributed by atoms with E-state index in [9.17, 15) is 8.78 Å². The van der Waals surface area contributed by atoms with Gasteiger partial charge >= 0.3 is 0 Å². The van der Waals surface area contributed by atoms with Crippen molar-refractivity contribution in [2.75, 3.05) is 0 Å². The van der Waals surface area contributed by atoms with E-state index < -0.39 is 11.6 Å². The number of benzene rings is 1. The van der Waals surface area contributed by atoms with Crippen molar-refractivity contribution in [2.24, 2.45) is 0 Å². The van der Waals surface area contributed by atoms with Crippen molar-refractivity contribution >= 4 is 0 Å². The summed E-state index contributed by atoms with van der Waals surface area (Å²) in [4.78, 5) is 4.15. The average Bonchev–Trinajstić information content (AvgIpc) is 3.14. The highest BCUT2D eigenvalue weighted by Gasteiger charge is 2.24. The largest absolute Gasteiger partial charge is 0.330 e. The molecule has 1 fully saturated rings. The summed E-state index contributed by atoms with van der Waals surface area (Å²) < 4.78 is 28.0. The predicted octanol–water partition coefficient (Wildman–Crippen LogP) is 2.79. The van der Waals surface area contributed by atoms with Crippen LogP contribution in [0.25, 0.3) is 0 Å². The molecule has 1 aliphatic carbocycles. The molecule has 3 rings (SSSR count). The third kappa shape index (κ3) is 2.81. The zero-order valence-electron chi connectivity index (χ0n) is 10.4. The maximum Gasteiger partial charge on any atom is 0.159 e. The molecule has 1 aromatic heterocycles. The van der Waals surface area contributed by atoms with Crippen molar-refractivity contribution < 1.29 is 8.78 Å². The van der Waals surface area contributed by atoms with E-state index in [0.717, 1.165) is 17.3 Å². The lowest BCUT2D eigenvalue weighted by molar-refractivity contribution is 0.505. The van der Waals surface area contributed by atoms with Crippen molar-refractivity contribution in [3.63, 3.8) is 0 Å². The van der Waals surface area contributed by atoms with Gasteiger partial charge in [0.05, 0.1) is 12.0 Å². The number of nitrogens with one attached hydrogen (secondary N) is 1. The number of aromatic nitrogens is 2. The second-order valence-corrected chi connectivity index (χ2v) is 4.88. The van der Waals surface area contributed by atoms with Gasteiger partial charge in [-0.1, -0.05) is 6.07 Å². The van der Waals surface area contributed by atoms with Gasteiger partial charge in [-0.25, -0.2) is 13.8 Å². The molecule has 3 nitrogen and oxygen atoms in total. The summed E-state index contributed by atoms with van der Waals surface area (Å²) >= 11 is 0. The van der Waals surface area contributed by atoms with Crippen molar-refractivity contribution in [1.29, 1.82) is 0 Å². The number of nitrogens with zero attached hydrogens (tertiary/aromatic N) is 2. The fourth-order valence-corrected chi connectivity index (χ4v) is 2.13. The molecule has 0 aliphatic heterocycles. The molecule has 0 amide bonds. The Labute approximate surface area is 110 Å². The summed E-state index contributed by atoms with van der Waals surface area (Å²) in [7, 11) is 0. The lowest BCUT2D eigenvalue weighted by Gasteiger charge is -2.08. The molecular weight excluding hydrogens is 248 g/mol. The molecule has 0 spiro atoms. The Morgan fingerprint density at radius 3 is 2.79 bits per heavy atom. The van der Waals surface area contributed by atoms with E-state index in [1.165, 1.54) is 18.9 Å². The third-order valence-corrected chi connectivity index (χ3v) is 3.31. The molecule has 1 N–H and O–H groups in total. The molecular formula is C14H15F2N3. The minimum Gasteiger partial charge on any atom is -0.330 e. The van der Waals surface area contributed by atoms with Gasteiger partial charge in [-0.2, -0.15) is 0 Å². The van der Waals surface area contributed by atoms with Gasteiger partial charge in [0.25, 0.3) is 0 Å². The van der Waals surface area contributed by atoms with Crippen molar-refractivity contribution in [3.8, 4) is 0 Å². The Bertz CT molecular complexity index is 576. The zero-order chi connectivity index (χ0) is 13.2. The van der Waals surface area contributed by atoms with E-state index in [1.54, 1.807) is 6.07 Å². The van der Waals surface area contributed by atoms with Gasteiger partial charge in [0.15, 0.2) is 11.6 Å². The zero-order valence-corrected chi connectivity index (χ0v) is 10.4. The van der Waals surface area contributed by atoms with Gasteiger partial charge in [0.2, 0.25) is 0 Å². The van der Waals surface area contributed by atoms with Crippen LogP contribution in [0.1, 0.15) is 30.1 Å². The lowest BCUT2D eigenvalue weighted by Crippen LogP contribution is -2.15. The minimum absolute atomic E-state index is 0.507. The molecule has 0 radical (unpaired) electrons. The Morgan fingerprint density at radius 1 is 1.21 bits per heavy atom. The van der Waals surface area contributed by atoms with Gasteiger partial charge in [0, 0.05) is 25.3 Å². The first-order chi connectivity index (χ1) is 9.24. The van der Waals surface area contributed by atoms with Crippen LogP contribution in [-0.4, -0.2) is 9.55 Å². The standard InChI is InChI=1S/C14H15F2N3/c15-13-4-1-10(5-14(13)16)6-17-7-12-8-18-9-19(12)11-2-3-11/h1,4-5,8-9,11,17H,2-3,6-7H2. The number of hydrogen-bond donors (Lipinski definition) is 1. The van der Waals surface area contributed by atoms with E-state index in [0.29, 0.717) is 19.1 Å². The Morgan fingerprint density at radius 2 is 2.05 bits per heavy atom. The summed E-state index contributed by atoms with van der Waals surface area (Å²) in [6.07, 6.45) is 6.13. The number of halogens is 2. The quantitative estimate of drug-likeness (QED) is 0.899. The molecule has 1 aliphatic rings. The molecule has 0 unspecified atom stereocenters. The number of hydrogen-bond acceptors (Lipinski definition) is 2. The van der Waals surface area contributed by atoms with Crippen LogP contribution in [0.2, 0.25) is 0 Å².